The van der Waals surface area contributed by atoms with E-state index in [1.54, 1.807) is 19.1 Å². The van der Waals surface area contributed by atoms with Crippen LogP contribution in [-0.4, -0.2) is 16.3 Å². The van der Waals surface area contributed by atoms with Crippen molar-refractivity contribution in [1.82, 2.24) is 0 Å². The molecule has 88 valence electrons. The standard InChI is InChI=1S/C8H10FN3.HNO3/c1-5-2-3-6(4-7(5)9)12-8(10)11;2-1(3)4/h2-4H,1H3,(H4,10,11,12);(H,2,3,4). The highest BCUT2D eigenvalue weighted by Gasteiger charge is 1.97. The number of halogens is 1. The molecule has 0 saturated heterocycles. The van der Waals surface area contributed by atoms with Crippen LogP contribution in [0.15, 0.2) is 23.2 Å². The number of rotatable bonds is 1. The van der Waals surface area contributed by atoms with E-state index in [1.165, 1.54) is 6.07 Å². The summed E-state index contributed by atoms with van der Waals surface area (Å²) < 4.78 is 12.9. The fourth-order valence-electron chi connectivity index (χ4n) is 0.800. The highest BCUT2D eigenvalue weighted by molar-refractivity contribution is 5.78. The van der Waals surface area contributed by atoms with E-state index in [1.807, 2.05) is 0 Å². The van der Waals surface area contributed by atoms with Gasteiger partial charge in [0, 0.05) is 0 Å². The molecule has 0 aliphatic heterocycles. The van der Waals surface area contributed by atoms with E-state index in [0.29, 0.717) is 11.3 Å². The van der Waals surface area contributed by atoms with Gasteiger partial charge in [-0.15, -0.1) is 10.1 Å². The summed E-state index contributed by atoms with van der Waals surface area (Å²) >= 11 is 0. The summed E-state index contributed by atoms with van der Waals surface area (Å²) in [6.07, 6.45) is 0. The number of hydrogen-bond donors (Lipinski definition) is 3. The Labute approximate surface area is 90.3 Å². The molecule has 0 aliphatic carbocycles. The fraction of sp³-hybridized carbons (Fsp3) is 0.125. The van der Waals surface area contributed by atoms with Gasteiger partial charge in [0.1, 0.15) is 5.82 Å². The third kappa shape index (κ3) is 6.13. The van der Waals surface area contributed by atoms with Gasteiger partial charge in [0.05, 0.1) is 5.69 Å². The maximum absolute atomic E-state index is 12.9. The van der Waals surface area contributed by atoms with Crippen molar-refractivity contribution in [2.75, 3.05) is 0 Å². The van der Waals surface area contributed by atoms with Crippen LogP contribution in [0, 0.1) is 22.9 Å². The van der Waals surface area contributed by atoms with Crippen molar-refractivity contribution in [3.8, 4) is 0 Å². The first-order valence-corrected chi connectivity index (χ1v) is 4.02. The minimum atomic E-state index is -1.50. The van der Waals surface area contributed by atoms with Gasteiger partial charge in [-0.3, -0.25) is 0 Å². The number of aliphatic imine (C=N–C) groups is 1. The maximum atomic E-state index is 12.9. The van der Waals surface area contributed by atoms with Gasteiger partial charge in [-0.2, -0.15) is 0 Å². The van der Waals surface area contributed by atoms with E-state index in [0.717, 1.165) is 0 Å². The third-order valence-corrected chi connectivity index (χ3v) is 1.41. The number of nitrogens with two attached hydrogens (primary N) is 2. The molecule has 5 N–H and O–H groups in total. The second-order valence-corrected chi connectivity index (χ2v) is 2.71. The topological polar surface area (TPSA) is 128 Å². The van der Waals surface area contributed by atoms with Crippen LogP contribution < -0.4 is 11.5 Å². The Hall–Kier alpha value is -2.38. The summed E-state index contributed by atoms with van der Waals surface area (Å²) in [5.41, 5.74) is 11.2. The average Bonchev–Trinajstić information content (AvgIpc) is 2.09. The van der Waals surface area contributed by atoms with Crippen molar-refractivity contribution in [1.29, 1.82) is 0 Å². The van der Waals surface area contributed by atoms with Crippen LogP contribution in [0.2, 0.25) is 0 Å². The molecule has 0 atom stereocenters. The van der Waals surface area contributed by atoms with Crippen LogP contribution in [0.4, 0.5) is 10.1 Å². The van der Waals surface area contributed by atoms with E-state index in [2.05, 4.69) is 4.99 Å². The fourth-order valence-corrected chi connectivity index (χ4v) is 0.800. The summed E-state index contributed by atoms with van der Waals surface area (Å²) in [6, 6.07) is 4.56. The molecular weight excluding hydrogens is 219 g/mol. The van der Waals surface area contributed by atoms with Crippen molar-refractivity contribution in [2.45, 2.75) is 6.92 Å². The number of aryl methyl sites for hydroxylation is 1. The lowest BCUT2D eigenvalue weighted by Crippen LogP contribution is -2.21. The molecule has 0 amide bonds. The molecule has 0 radical (unpaired) electrons. The van der Waals surface area contributed by atoms with E-state index < -0.39 is 5.09 Å². The normalized spacial score (nSPS) is 8.62. The molecule has 1 rings (SSSR count). The number of nitrogens with zero attached hydrogens (tertiary/aromatic N) is 2. The van der Waals surface area contributed by atoms with Gasteiger partial charge in [0.15, 0.2) is 5.96 Å². The maximum Gasteiger partial charge on any atom is 0.291 e. The first-order chi connectivity index (χ1) is 7.32. The van der Waals surface area contributed by atoms with E-state index in [9.17, 15) is 4.39 Å². The molecule has 0 aromatic heterocycles. The van der Waals surface area contributed by atoms with Crippen LogP contribution in [0.3, 0.4) is 0 Å². The smallest absolute Gasteiger partial charge is 0.291 e. The summed E-state index contributed by atoms with van der Waals surface area (Å²) in [4.78, 5) is 12.1. The first-order valence-electron chi connectivity index (χ1n) is 4.02. The Morgan fingerprint density at radius 3 is 2.44 bits per heavy atom. The molecule has 0 bridgehead atoms. The highest BCUT2D eigenvalue weighted by atomic mass is 19.1. The Kier molecular flexibility index (Phi) is 5.25. The molecule has 0 spiro atoms. The Balaban J connectivity index is 0.000000487. The predicted octanol–water partition coefficient (Wildman–Crippen LogP) is 0.691. The van der Waals surface area contributed by atoms with Crippen molar-refractivity contribution >= 4 is 11.6 Å². The van der Waals surface area contributed by atoms with Crippen LogP contribution in [-0.2, 0) is 0 Å². The molecule has 16 heavy (non-hydrogen) atoms. The number of guanidine groups is 1. The van der Waals surface area contributed by atoms with E-state index >= 15 is 0 Å². The SMILES string of the molecule is Cc1ccc(N=C(N)N)cc1F.O=[N+]([O-])O. The zero-order chi connectivity index (χ0) is 12.7. The average molecular weight is 230 g/mol. The summed E-state index contributed by atoms with van der Waals surface area (Å²) in [5, 5.41) is 13.6. The van der Waals surface area contributed by atoms with Gasteiger partial charge in [-0.25, -0.2) is 9.38 Å². The minimum absolute atomic E-state index is 0.0711. The van der Waals surface area contributed by atoms with Crippen molar-refractivity contribution in [3.63, 3.8) is 0 Å². The molecule has 1 aromatic carbocycles. The van der Waals surface area contributed by atoms with Crippen molar-refractivity contribution < 1.29 is 14.7 Å². The summed E-state index contributed by atoms with van der Waals surface area (Å²) in [5.74, 6) is -0.379. The van der Waals surface area contributed by atoms with Crippen LogP contribution in [0.1, 0.15) is 5.56 Å². The zero-order valence-electron chi connectivity index (χ0n) is 8.42. The van der Waals surface area contributed by atoms with Gasteiger partial charge >= 0.3 is 0 Å². The van der Waals surface area contributed by atoms with E-state index in [-0.39, 0.29) is 11.8 Å². The largest absolute Gasteiger partial charge is 0.370 e. The lowest BCUT2D eigenvalue weighted by Gasteiger charge is -1.97. The second-order valence-electron chi connectivity index (χ2n) is 2.71. The lowest BCUT2D eigenvalue weighted by atomic mass is 10.2. The predicted molar refractivity (Wildman–Crippen MR) is 55.4 cm³/mol. The van der Waals surface area contributed by atoms with Gasteiger partial charge in [0.2, 0.25) is 0 Å². The highest BCUT2D eigenvalue weighted by Crippen LogP contribution is 2.15. The van der Waals surface area contributed by atoms with Gasteiger partial charge in [-0.05, 0) is 24.6 Å². The summed E-state index contributed by atoms with van der Waals surface area (Å²) in [6.45, 7) is 1.68. The monoisotopic (exact) mass is 230 g/mol. The molecule has 0 fully saturated rings. The van der Waals surface area contributed by atoms with E-state index in [4.69, 9.17) is 26.8 Å². The van der Waals surface area contributed by atoms with Gasteiger partial charge < -0.3 is 16.7 Å². The zero-order valence-corrected chi connectivity index (χ0v) is 8.42. The number of hydrogen-bond acceptors (Lipinski definition) is 3. The minimum Gasteiger partial charge on any atom is -0.370 e. The van der Waals surface area contributed by atoms with Crippen LogP contribution in [0.25, 0.3) is 0 Å². The van der Waals surface area contributed by atoms with Gasteiger partial charge in [0.25, 0.3) is 5.09 Å². The lowest BCUT2D eigenvalue weighted by molar-refractivity contribution is -0.742. The molecule has 7 nitrogen and oxygen atoms in total. The Bertz CT molecular complexity index is 400. The quantitative estimate of drug-likeness (QED) is 0.283. The Morgan fingerprint density at radius 2 is 2.06 bits per heavy atom. The van der Waals surface area contributed by atoms with Crippen LogP contribution in [0.5, 0.6) is 0 Å². The van der Waals surface area contributed by atoms with Crippen LogP contribution >= 0.6 is 0 Å². The molecule has 8 heteroatoms. The molecule has 0 heterocycles. The molecule has 0 aliphatic rings. The second kappa shape index (κ2) is 6.17. The Morgan fingerprint density at radius 1 is 1.56 bits per heavy atom. The molecule has 1 aromatic rings. The van der Waals surface area contributed by atoms with Gasteiger partial charge in [-0.1, -0.05) is 6.07 Å². The van der Waals surface area contributed by atoms with Crippen molar-refractivity contribution in [2.24, 2.45) is 16.5 Å². The molecular formula is C8H11FN4O3. The third-order valence-electron chi connectivity index (χ3n) is 1.41. The van der Waals surface area contributed by atoms with Crippen molar-refractivity contribution in [3.05, 3.63) is 39.7 Å². The first kappa shape index (κ1) is 13.6. The molecule has 0 unspecified atom stereocenters. The summed E-state index contributed by atoms with van der Waals surface area (Å²) in [7, 11) is 0. The molecule has 0 saturated carbocycles. The number of benzene rings is 1.